The minimum Gasteiger partial charge on any atom is -0.496 e. The quantitative estimate of drug-likeness (QED) is 0.550. The molecule has 1 atom stereocenters. The van der Waals surface area contributed by atoms with Crippen molar-refractivity contribution in [2.24, 2.45) is 0 Å². The fraction of sp³-hybridized carbons (Fsp3) is 0.417. The van der Waals surface area contributed by atoms with Crippen LogP contribution in [0.1, 0.15) is 30.9 Å². The predicted octanol–water partition coefficient (Wildman–Crippen LogP) is 2.73. The Bertz CT molecular complexity index is 1200. The zero-order valence-corrected chi connectivity index (χ0v) is 20.7. The lowest BCUT2D eigenvalue weighted by molar-refractivity contribution is -0.140. The zero-order valence-electron chi connectivity index (χ0n) is 19.8. The number of piperidine rings is 1. The highest BCUT2D eigenvalue weighted by molar-refractivity contribution is 7.89. The van der Waals surface area contributed by atoms with Crippen LogP contribution in [0.25, 0.3) is 0 Å². The Labute approximate surface area is 207 Å². The summed E-state index contributed by atoms with van der Waals surface area (Å²) in [4.78, 5) is 23.9. The Morgan fingerprint density at radius 2 is 1.69 bits per heavy atom. The van der Waals surface area contributed by atoms with Gasteiger partial charge in [-0.3, -0.25) is 9.59 Å². The first kappa shape index (κ1) is 27.5. The minimum atomic E-state index is -4.81. The van der Waals surface area contributed by atoms with Crippen molar-refractivity contribution in [3.05, 3.63) is 59.7 Å². The highest BCUT2D eigenvalue weighted by Gasteiger charge is 2.40. The van der Waals surface area contributed by atoms with Crippen molar-refractivity contribution in [2.75, 3.05) is 20.2 Å². The first-order valence-electron chi connectivity index (χ1n) is 11.3. The molecule has 8 nitrogen and oxygen atoms in total. The highest BCUT2D eigenvalue weighted by atomic mass is 32.2. The van der Waals surface area contributed by atoms with Crippen LogP contribution in [0.2, 0.25) is 0 Å². The molecule has 2 aromatic rings. The normalized spacial score (nSPS) is 16.2. The summed E-state index contributed by atoms with van der Waals surface area (Å²) in [6.45, 7) is 1.18. The molecule has 12 heteroatoms. The number of para-hydroxylation sites is 1. The molecule has 3 rings (SSSR count). The molecule has 0 bridgehead atoms. The van der Waals surface area contributed by atoms with Crippen LogP contribution in [0, 0.1) is 0 Å². The number of sulfonamides is 1. The Balaban J connectivity index is 1.67. The van der Waals surface area contributed by atoms with Gasteiger partial charge in [0.2, 0.25) is 21.8 Å². The number of halogens is 3. The van der Waals surface area contributed by atoms with Gasteiger partial charge in [0, 0.05) is 32.5 Å². The Morgan fingerprint density at radius 1 is 1.08 bits per heavy atom. The highest BCUT2D eigenvalue weighted by Crippen LogP contribution is 2.35. The smallest absolute Gasteiger partial charge is 0.417 e. The van der Waals surface area contributed by atoms with Gasteiger partial charge in [-0.2, -0.15) is 17.5 Å². The Morgan fingerprint density at radius 3 is 2.31 bits per heavy atom. The van der Waals surface area contributed by atoms with Crippen molar-refractivity contribution in [3.8, 4) is 5.75 Å². The minimum absolute atomic E-state index is 0.0587. The van der Waals surface area contributed by atoms with Crippen molar-refractivity contribution < 1.29 is 35.9 Å². The number of nitrogens with one attached hydrogen (secondary N) is 2. The van der Waals surface area contributed by atoms with E-state index in [2.05, 4.69) is 10.6 Å². The van der Waals surface area contributed by atoms with E-state index in [0.717, 1.165) is 28.1 Å². The third kappa shape index (κ3) is 6.55. The van der Waals surface area contributed by atoms with E-state index in [-0.39, 0.29) is 32.4 Å². The van der Waals surface area contributed by atoms with E-state index in [4.69, 9.17) is 4.74 Å². The average Bonchev–Trinajstić information content (AvgIpc) is 2.83. The molecule has 196 valence electrons. The van der Waals surface area contributed by atoms with Crippen molar-refractivity contribution in [2.45, 2.75) is 49.3 Å². The number of rotatable bonds is 8. The lowest BCUT2D eigenvalue weighted by Crippen LogP contribution is -2.53. The predicted molar refractivity (Wildman–Crippen MR) is 126 cm³/mol. The fourth-order valence-corrected chi connectivity index (χ4v) is 5.84. The molecule has 1 saturated heterocycles. The van der Waals surface area contributed by atoms with Crippen molar-refractivity contribution in [1.29, 1.82) is 0 Å². The summed E-state index contributed by atoms with van der Waals surface area (Å²) in [7, 11) is -2.88. The van der Waals surface area contributed by atoms with E-state index in [1.165, 1.54) is 20.1 Å². The summed E-state index contributed by atoms with van der Waals surface area (Å²) in [5, 5.41) is 5.46. The van der Waals surface area contributed by atoms with Crippen LogP contribution in [0.5, 0.6) is 5.75 Å². The molecule has 1 unspecified atom stereocenters. The third-order valence-corrected chi connectivity index (χ3v) is 7.88. The molecule has 1 aliphatic heterocycles. The van der Waals surface area contributed by atoms with Crippen LogP contribution in [0.3, 0.4) is 0 Å². The van der Waals surface area contributed by atoms with Crippen LogP contribution in [-0.2, 0) is 32.2 Å². The fourth-order valence-electron chi connectivity index (χ4n) is 4.15. The SMILES string of the molecule is COc1ccccc1CC(NC(C)=O)C(=O)NC1CCN(S(=O)(=O)c2ccccc2C(F)(F)F)CC1. The lowest BCUT2D eigenvalue weighted by atomic mass is 10.0. The maximum absolute atomic E-state index is 13.4. The number of nitrogens with zero attached hydrogens (tertiary/aromatic N) is 1. The lowest BCUT2D eigenvalue weighted by Gasteiger charge is -2.33. The molecule has 2 amide bonds. The number of hydrogen-bond donors (Lipinski definition) is 2. The molecular formula is C24H28F3N3O5S. The van der Waals surface area contributed by atoms with Crippen molar-refractivity contribution >= 4 is 21.8 Å². The first-order valence-corrected chi connectivity index (χ1v) is 12.7. The maximum Gasteiger partial charge on any atom is 0.417 e. The summed E-state index contributed by atoms with van der Waals surface area (Å²) in [5.74, 6) is -0.271. The zero-order chi connectivity index (χ0) is 26.5. The van der Waals surface area contributed by atoms with E-state index < -0.39 is 50.6 Å². The van der Waals surface area contributed by atoms with E-state index in [0.29, 0.717) is 5.75 Å². The van der Waals surface area contributed by atoms with Crippen LogP contribution < -0.4 is 15.4 Å². The second-order valence-electron chi connectivity index (χ2n) is 8.45. The summed E-state index contributed by atoms with van der Waals surface area (Å²) in [6, 6.07) is 9.87. The van der Waals surface area contributed by atoms with Gasteiger partial charge in [-0.25, -0.2) is 8.42 Å². The molecule has 0 spiro atoms. The van der Waals surface area contributed by atoms with E-state index in [1.54, 1.807) is 24.3 Å². The van der Waals surface area contributed by atoms with Gasteiger partial charge in [-0.15, -0.1) is 0 Å². The Kier molecular flexibility index (Phi) is 8.62. The molecule has 1 fully saturated rings. The van der Waals surface area contributed by atoms with Gasteiger partial charge >= 0.3 is 6.18 Å². The van der Waals surface area contributed by atoms with Crippen LogP contribution >= 0.6 is 0 Å². The second-order valence-corrected chi connectivity index (χ2v) is 10.4. The topological polar surface area (TPSA) is 105 Å². The molecule has 2 aromatic carbocycles. The number of hydrogen-bond acceptors (Lipinski definition) is 5. The average molecular weight is 528 g/mol. The maximum atomic E-state index is 13.4. The van der Waals surface area contributed by atoms with Crippen LogP contribution in [0.15, 0.2) is 53.4 Å². The van der Waals surface area contributed by atoms with Crippen molar-refractivity contribution in [3.63, 3.8) is 0 Å². The second kappa shape index (κ2) is 11.3. The van der Waals surface area contributed by atoms with Gasteiger partial charge in [-0.1, -0.05) is 30.3 Å². The van der Waals surface area contributed by atoms with Gasteiger partial charge in [0.05, 0.1) is 17.6 Å². The molecule has 2 N–H and O–H groups in total. The summed E-state index contributed by atoms with van der Waals surface area (Å²) in [5.41, 5.74) is -0.493. The van der Waals surface area contributed by atoms with Gasteiger partial charge in [0.15, 0.2) is 0 Å². The van der Waals surface area contributed by atoms with E-state index >= 15 is 0 Å². The molecule has 0 aliphatic carbocycles. The molecule has 1 aliphatic rings. The number of carbonyl (C=O) groups excluding carboxylic acids is 2. The third-order valence-electron chi connectivity index (χ3n) is 5.92. The van der Waals surface area contributed by atoms with Gasteiger partial charge in [0.1, 0.15) is 11.8 Å². The first-order chi connectivity index (χ1) is 16.9. The monoisotopic (exact) mass is 527 g/mol. The van der Waals surface area contributed by atoms with Crippen molar-refractivity contribution in [1.82, 2.24) is 14.9 Å². The van der Waals surface area contributed by atoms with Gasteiger partial charge < -0.3 is 15.4 Å². The molecule has 0 radical (unpaired) electrons. The molecule has 0 saturated carbocycles. The van der Waals surface area contributed by atoms with E-state index in [1.807, 2.05) is 0 Å². The van der Waals surface area contributed by atoms with Gasteiger partial charge in [0.25, 0.3) is 0 Å². The van der Waals surface area contributed by atoms with Crippen LogP contribution in [-0.4, -0.2) is 56.8 Å². The number of ether oxygens (including phenoxy) is 1. The largest absolute Gasteiger partial charge is 0.496 e. The molecule has 36 heavy (non-hydrogen) atoms. The Hall–Kier alpha value is -3.12. The molecule has 1 heterocycles. The summed E-state index contributed by atoms with van der Waals surface area (Å²) < 4.78 is 72.3. The number of methoxy groups -OCH3 is 1. The standard InChI is InChI=1S/C24H28F3N3O5S/c1-16(31)28-20(15-17-7-3-5-9-21(17)35-2)23(32)29-18-11-13-30(14-12-18)36(33,34)22-10-6-4-8-19(22)24(25,26)27/h3-10,18,20H,11-15H2,1-2H3,(H,28,31)(H,29,32). The molecule has 0 aromatic heterocycles. The number of carbonyl (C=O) groups is 2. The number of alkyl halides is 3. The summed E-state index contributed by atoms with van der Waals surface area (Å²) in [6.07, 6.45) is -4.21. The number of amides is 2. The van der Waals surface area contributed by atoms with Crippen LogP contribution in [0.4, 0.5) is 13.2 Å². The van der Waals surface area contributed by atoms with Gasteiger partial charge in [-0.05, 0) is 36.6 Å². The molecular weight excluding hydrogens is 499 g/mol. The van der Waals surface area contributed by atoms with E-state index in [9.17, 15) is 31.2 Å². The number of benzene rings is 2. The summed E-state index contributed by atoms with van der Waals surface area (Å²) >= 11 is 0.